The molecule has 4 rings (SSSR count). The molecule has 0 unspecified atom stereocenters. The first-order valence-corrected chi connectivity index (χ1v) is 8.03. The molecule has 0 saturated heterocycles. The van der Waals surface area contributed by atoms with Crippen molar-refractivity contribution in [2.75, 3.05) is 0 Å². The number of benzene rings is 1. The molecule has 2 aromatic heterocycles. The van der Waals surface area contributed by atoms with Crippen LogP contribution >= 0.6 is 0 Å². The molecule has 9 heteroatoms. The molecule has 2 N–H and O–H groups in total. The van der Waals surface area contributed by atoms with Gasteiger partial charge in [0.15, 0.2) is 5.82 Å². The van der Waals surface area contributed by atoms with Gasteiger partial charge in [-0.05, 0) is 18.6 Å². The Hall–Kier alpha value is -3.23. The van der Waals surface area contributed by atoms with Crippen molar-refractivity contribution in [2.24, 2.45) is 0 Å². The van der Waals surface area contributed by atoms with E-state index in [9.17, 15) is 14.4 Å². The fourth-order valence-corrected chi connectivity index (χ4v) is 3.08. The SMILES string of the molecule is O=C(Cn1[nH]c(=O)c2ccccc2c1=O)NCc1nnc2n1CCC2. The number of fused-ring (bicyclic) bond motifs is 2. The second-order valence-corrected chi connectivity index (χ2v) is 5.94. The number of aromatic nitrogens is 5. The molecule has 1 aliphatic heterocycles. The summed E-state index contributed by atoms with van der Waals surface area (Å²) in [7, 11) is 0. The molecular formula is C16H16N6O3. The summed E-state index contributed by atoms with van der Waals surface area (Å²) in [4.78, 5) is 36.6. The molecule has 0 spiro atoms. The van der Waals surface area contributed by atoms with E-state index < -0.39 is 11.1 Å². The number of hydrogen-bond donors (Lipinski definition) is 2. The number of carbonyl (C=O) groups is 1. The van der Waals surface area contributed by atoms with E-state index in [0.29, 0.717) is 11.2 Å². The van der Waals surface area contributed by atoms with Crippen molar-refractivity contribution in [3.8, 4) is 0 Å². The van der Waals surface area contributed by atoms with Crippen LogP contribution in [0.1, 0.15) is 18.1 Å². The fourth-order valence-electron chi connectivity index (χ4n) is 3.08. The van der Waals surface area contributed by atoms with Crippen LogP contribution in [0.3, 0.4) is 0 Å². The highest BCUT2D eigenvalue weighted by molar-refractivity contribution is 5.81. The van der Waals surface area contributed by atoms with Gasteiger partial charge in [0, 0.05) is 13.0 Å². The summed E-state index contributed by atoms with van der Waals surface area (Å²) in [5, 5.41) is 13.9. The largest absolute Gasteiger partial charge is 0.347 e. The Balaban J connectivity index is 1.51. The lowest BCUT2D eigenvalue weighted by molar-refractivity contribution is -0.122. The van der Waals surface area contributed by atoms with Gasteiger partial charge in [0.1, 0.15) is 12.4 Å². The summed E-state index contributed by atoms with van der Waals surface area (Å²) in [6.07, 6.45) is 1.92. The van der Waals surface area contributed by atoms with Gasteiger partial charge in [0.05, 0.1) is 17.3 Å². The maximum atomic E-state index is 12.4. The lowest BCUT2D eigenvalue weighted by Crippen LogP contribution is -2.36. The van der Waals surface area contributed by atoms with Crippen LogP contribution in [0.2, 0.25) is 0 Å². The topological polar surface area (TPSA) is 115 Å². The van der Waals surface area contributed by atoms with Crippen molar-refractivity contribution in [1.29, 1.82) is 0 Å². The number of hydrogen-bond acceptors (Lipinski definition) is 5. The standard InChI is InChI=1S/C16H16N6O3/c23-14(17-8-13-19-18-12-6-3-7-21(12)13)9-22-16(25)11-5-2-1-4-10(11)15(24)20-22/h1-2,4-5H,3,6-9H2,(H,17,23)(H,20,24). The summed E-state index contributed by atoms with van der Waals surface area (Å²) < 4.78 is 3.01. The monoisotopic (exact) mass is 340 g/mol. The zero-order valence-electron chi connectivity index (χ0n) is 13.4. The van der Waals surface area contributed by atoms with Crippen LogP contribution in [0.25, 0.3) is 10.8 Å². The number of carbonyl (C=O) groups excluding carboxylic acids is 1. The van der Waals surface area contributed by atoms with Crippen molar-refractivity contribution in [3.05, 3.63) is 56.6 Å². The number of nitrogens with zero attached hydrogens (tertiary/aromatic N) is 4. The average molecular weight is 340 g/mol. The van der Waals surface area contributed by atoms with Crippen LogP contribution in [-0.4, -0.2) is 30.5 Å². The minimum Gasteiger partial charge on any atom is -0.347 e. The van der Waals surface area contributed by atoms with Crippen molar-refractivity contribution in [1.82, 2.24) is 29.9 Å². The summed E-state index contributed by atoms with van der Waals surface area (Å²) >= 11 is 0. The first-order chi connectivity index (χ1) is 12.1. The van der Waals surface area contributed by atoms with Gasteiger partial charge >= 0.3 is 0 Å². The number of H-pyrrole nitrogens is 1. The third-order valence-corrected chi connectivity index (χ3v) is 4.32. The molecule has 0 aliphatic carbocycles. The first-order valence-electron chi connectivity index (χ1n) is 8.03. The van der Waals surface area contributed by atoms with E-state index in [1.165, 1.54) is 0 Å². The van der Waals surface area contributed by atoms with Gasteiger partial charge in [0.2, 0.25) is 5.91 Å². The van der Waals surface area contributed by atoms with Gasteiger partial charge in [-0.2, -0.15) is 0 Å². The van der Waals surface area contributed by atoms with Gasteiger partial charge < -0.3 is 9.88 Å². The van der Waals surface area contributed by atoms with Crippen LogP contribution in [0.15, 0.2) is 33.9 Å². The smallest absolute Gasteiger partial charge is 0.273 e. The molecule has 1 amide bonds. The number of aromatic amines is 1. The third kappa shape index (κ3) is 2.73. The number of nitrogens with one attached hydrogen (secondary N) is 2. The molecule has 1 aliphatic rings. The van der Waals surface area contributed by atoms with E-state index in [1.54, 1.807) is 24.3 Å². The van der Waals surface area contributed by atoms with E-state index in [0.717, 1.165) is 29.9 Å². The van der Waals surface area contributed by atoms with E-state index in [4.69, 9.17) is 0 Å². The molecule has 0 atom stereocenters. The van der Waals surface area contributed by atoms with Gasteiger partial charge in [0.25, 0.3) is 11.1 Å². The average Bonchev–Trinajstić information content (AvgIpc) is 3.22. The van der Waals surface area contributed by atoms with Gasteiger partial charge in [-0.15, -0.1) is 10.2 Å². The van der Waals surface area contributed by atoms with E-state index in [2.05, 4.69) is 20.6 Å². The minimum atomic E-state index is -0.409. The van der Waals surface area contributed by atoms with Crippen LogP contribution < -0.4 is 16.4 Å². The first kappa shape index (κ1) is 15.3. The maximum Gasteiger partial charge on any atom is 0.273 e. The number of amides is 1. The summed E-state index contributed by atoms with van der Waals surface area (Å²) in [5.41, 5.74) is -0.813. The van der Waals surface area contributed by atoms with Crippen molar-refractivity contribution < 1.29 is 4.79 Å². The van der Waals surface area contributed by atoms with Crippen molar-refractivity contribution >= 4 is 16.7 Å². The van der Waals surface area contributed by atoms with E-state index in [-0.39, 0.29) is 24.4 Å². The Morgan fingerprint density at radius 2 is 2.00 bits per heavy atom. The lowest BCUT2D eigenvalue weighted by Gasteiger charge is -2.08. The van der Waals surface area contributed by atoms with Crippen LogP contribution in [0, 0.1) is 0 Å². The lowest BCUT2D eigenvalue weighted by atomic mass is 10.2. The molecule has 9 nitrogen and oxygen atoms in total. The highest BCUT2D eigenvalue weighted by atomic mass is 16.2. The minimum absolute atomic E-state index is 0.235. The van der Waals surface area contributed by atoms with Crippen LogP contribution in [-0.2, 0) is 30.8 Å². The Kier molecular flexibility index (Phi) is 3.68. The number of rotatable bonds is 4. The Morgan fingerprint density at radius 3 is 2.84 bits per heavy atom. The molecule has 3 aromatic rings. The van der Waals surface area contributed by atoms with E-state index >= 15 is 0 Å². The summed E-state index contributed by atoms with van der Waals surface area (Å²) in [5.74, 6) is 1.24. The zero-order valence-corrected chi connectivity index (χ0v) is 13.4. The van der Waals surface area contributed by atoms with Gasteiger partial charge in [-0.3, -0.25) is 19.5 Å². The number of aryl methyl sites for hydroxylation is 1. The third-order valence-electron chi connectivity index (χ3n) is 4.32. The predicted molar refractivity (Wildman–Crippen MR) is 89.0 cm³/mol. The Labute approximate surface area is 141 Å². The molecule has 3 heterocycles. The maximum absolute atomic E-state index is 12.4. The molecule has 128 valence electrons. The summed E-state index contributed by atoms with van der Waals surface area (Å²) in [6, 6.07) is 6.51. The quantitative estimate of drug-likeness (QED) is 0.667. The molecule has 1 aromatic carbocycles. The van der Waals surface area contributed by atoms with Crippen LogP contribution in [0.5, 0.6) is 0 Å². The molecule has 0 radical (unpaired) electrons. The molecule has 0 fully saturated rings. The van der Waals surface area contributed by atoms with Crippen molar-refractivity contribution in [3.63, 3.8) is 0 Å². The highest BCUT2D eigenvalue weighted by Gasteiger charge is 2.17. The predicted octanol–water partition coefficient (Wildman–Crippen LogP) is -0.456. The molecular weight excluding hydrogens is 324 g/mol. The second-order valence-electron chi connectivity index (χ2n) is 5.94. The Bertz CT molecular complexity index is 1080. The van der Waals surface area contributed by atoms with Crippen molar-refractivity contribution in [2.45, 2.75) is 32.5 Å². The zero-order chi connectivity index (χ0) is 17.4. The summed E-state index contributed by atoms with van der Waals surface area (Å²) in [6.45, 7) is 0.823. The highest BCUT2D eigenvalue weighted by Crippen LogP contribution is 2.13. The molecule has 0 bridgehead atoms. The Morgan fingerprint density at radius 1 is 1.20 bits per heavy atom. The normalized spacial score (nSPS) is 13.1. The molecule has 0 saturated carbocycles. The van der Waals surface area contributed by atoms with Crippen LogP contribution in [0.4, 0.5) is 0 Å². The van der Waals surface area contributed by atoms with E-state index in [1.807, 2.05) is 4.57 Å². The fraction of sp³-hybridized carbons (Fsp3) is 0.312. The second kappa shape index (κ2) is 6.00. The molecule has 25 heavy (non-hydrogen) atoms. The van der Waals surface area contributed by atoms with Gasteiger partial charge in [-0.25, -0.2) is 4.68 Å². The van der Waals surface area contributed by atoms with Gasteiger partial charge in [-0.1, -0.05) is 12.1 Å².